The zero-order chi connectivity index (χ0) is 18.5. The summed E-state index contributed by atoms with van der Waals surface area (Å²) >= 11 is 0. The van der Waals surface area contributed by atoms with Gasteiger partial charge < -0.3 is 20.9 Å². The lowest BCUT2D eigenvalue weighted by Crippen LogP contribution is -2.45. The van der Waals surface area contributed by atoms with Crippen molar-refractivity contribution in [2.45, 2.75) is 18.5 Å². The summed E-state index contributed by atoms with van der Waals surface area (Å²) in [7, 11) is 1.05. The fraction of sp³-hybridized carbons (Fsp3) is 0.333. The van der Waals surface area contributed by atoms with Gasteiger partial charge in [-0.1, -0.05) is 0 Å². The van der Waals surface area contributed by atoms with Crippen LogP contribution in [0, 0.1) is 0 Å². The number of methoxy groups -OCH3 is 1. The Morgan fingerprint density at radius 2 is 1.79 bits per heavy atom. The molecule has 0 heterocycles. The molecule has 0 aliphatic carbocycles. The van der Waals surface area contributed by atoms with Crippen molar-refractivity contribution in [3.05, 3.63) is 23.8 Å². The normalized spacial score (nSPS) is 13.6. The van der Waals surface area contributed by atoms with Crippen LogP contribution in [0.1, 0.15) is 5.56 Å². The summed E-state index contributed by atoms with van der Waals surface area (Å²) in [5, 5.41) is 6.72. The smallest absolute Gasteiger partial charge is 0.439 e. The van der Waals surface area contributed by atoms with Gasteiger partial charge >= 0.3 is 12.3 Å². The minimum Gasteiger partial charge on any atom is -0.493 e. The molecule has 0 aliphatic rings. The number of alkyl halides is 6. The Bertz CT molecular complexity index is 628. The maximum atomic E-state index is 13.3. The molecule has 1 aromatic carbocycles. The van der Waals surface area contributed by atoms with Crippen molar-refractivity contribution in [2.24, 2.45) is 21.7 Å². The molecule has 0 radical (unpaired) electrons. The second-order valence-electron chi connectivity index (χ2n) is 4.25. The first-order chi connectivity index (χ1) is 11.0. The Morgan fingerprint density at radius 3 is 2.29 bits per heavy atom. The maximum Gasteiger partial charge on any atom is 0.439 e. The molecule has 1 unspecified atom stereocenters. The molecule has 0 bridgehead atoms. The Kier molecular flexibility index (Phi) is 5.88. The van der Waals surface area contributed by atoms with E-state index in [-0.39, 0.29) is 17.3 Å². The number of rotatable bonds is 6. The van der Waals surface area contributed by atoms with Crippen LogP contribution < -0.4 is 20.9 Å². The van der Waals surface area contributed by atoms with Crippen LogP contribution in [0.15, 0.2) is 28.4 Å². The van der Waals surface area contributed by atoms with Crippen molar-refractivity contribution in [3.63, 3.8) is 0 Å². The first-order valence-electron chi connectivity index (χ1n) is 6.05. The van der Waals surface area contributed by atoms with E-state index in [0.29, 0.717) is 0 Å². The molecule has 0 fully saturated rings. The van der Waals surface area contributed by atoms with Crippen molar-refractivity contribution in [1.29, 1.82) is 0 Å². The highest BCUT2D eigenvalue weighted by Gasteiger charge is 2.59. The minimum atomic E-state index is -5.79. The lowest BCUT2D eigenvalue weighted by Gasteiger charge is -2.23. The maximum absolute atomic E-state index is 13.3. The lowest BCUT2D eigenvalue weighted by molar-refractivity contribution is -0.305. The summed E-state index contributed by atoms with van der Waals surface area (Å²) in [6, 6.07) is 3.09. The average Bonchev–Trinajstić information content (AvgIpc) is 2.46. The van der Waals surface area contributed by atoms with Crippen LogP contribution in [0.25, 0.3) is 0 Å². The van der Waals surface area contributed by atoms with Gasteiger partial charge in [0, 0.05) is 0 Å². The molecule has 1 rings (SSSR count). The van der Waals surface area contributed by atoms with Crippen LogP contribution >= 0.6 is 0 Å². The third-order valence-electron chi connectivity index (χ3n) is 2.40. The molecule has 0 saturated heterocycles. The topological polar surface area (TPSA) is 95.2 Å². The van der Waals surface area contributed by atoms with Crippen LogP contribution in [0.4, 0.5) is 26.3 Å². The number of guanidine groups is 1. The second kappa shape index (κ2) is 7.27. The van der Waals surface area contributed by atoms with Crippen molar-refractivity contribution in [3.8, 4) is 11.5 Å². The summed E-state index contributed by atoms with van der Waals surface area (Å²) in [5.74, 6) is -1.51. The number of nitrogens with zero attached hydrogens (tertiary/aromatic N) is 2. The molecule has 4 N–H and O–H groups in total. The van der Waals surface area contributed by atoms with E-state index in [0.717, 1.165) is 31.5 Å². The summed E-state index contributed by atoms with van der Waals surface area (Å²) in [6.45, 7) is 0. The largest absolute Gasteiger partial charge is 0.493 e. The third kappa shape index (κ3) is 5.21. The summed E-state index contributed by atoms with van der Waals surface area (Å²) in [5.41, 5.74) is 10.3. The van der Waals surface area contributed by atoms with E-state index in [2.05, 4.69) is 14.9 Å². The fourth-order valence-electron chi connectivity index (χ4n) is 1.40. The summed E-state index contributed by atoms with van der Waals surface area (Å²) < 4.78 is 84.2. The third-order valence-corrected chi connectivity index (χ3v) is 2.40. The van der Waals surface area contributed by atoms with E-state index in [4.69, 9.17) is 16.2 Å². The van der Waals surface area contributed by atoms with E-state index < -0.39 is 24.2 Å². The van der Waals surface area contributed by atoms with Crippen LogP contribution in [0.2, 0.25) is 0 Å². The Labute approximate surface area is 131 Å². The van der Waals surface area contributed by atoms with Crippen molar-refractivity contribution >= 4 is 12.2 Å². The summed E-state index contributed by atoms with van der Waals surface area (Å²) in [4.78, 5) is 0. The highest BCUT2D eigenvalue weighted by atomic mass is 19.4. The number of benzene rings is 1. The minimum absolute atomic E-state index is 0.250. The van der Waals surface area contributed by atoms with Crippen LogP contribution in [-0.4, -0.2) is 37.7 Å². The van der Waals surface area contributed by atoms with E-state index in [1.165, 1.54) is 0 Å². The van der Waals surface area contributed by atoms with Gasteiger partial charge in [-0.05, 0) is 23.8 Å². The molecule has 134 valence electrons. The molecule has 0 saturated carbocycles. The zero-order valence-corrected chi connectivity index (χ0v) is 12.0. The second-order valence-corrected chi connectivity index (χ2v) is 4.25. The average molecular weight is 358 g/mol. The van der Waals surface area contributed by atoms with E-state index >= 15 is 0 Å². The summed E-state index contributed by atoms with van der Waals surface area (Å²) in [6.07, 6.45) is -14.3. The zero-order valence-electron chi connectivity index (χ0n) is 12.0. The Morgan fingerprint density at radius 1 is 1.17 bits per heavy atom. The van der Waals surface area contributed by atoms with Gasteiger partial charge in [0.05, 0.1) is 13.3 Å². The molecule has 1 aromatic rings. The number of ether oxygens (including phenoxy) is 2. The van der Waals surface area contributed by atoms with Gasteiger partial charge in [0.25, 0.3) is 6.17 Å². The van der Waals surface area contributed by atoms with Crippen LogP contribution in [-0.2, 0) is 0 Å². The molecule has 24 heavy (non-hydrogen) atoms. The molecular weight excluding hydrogens is 346 g/mol. The van der Waals surface area contributed by atoms with Gasteiger partial charge in [-0.15, -0.1) is 5.10 Å². The van der Waals surface area contributed by atoms with Crippen LogP contribution in [0.3, 0.4) is 0 Å². The Balaban J connectivity index is 3.05. The van der Waals surface area contributed by atoms with E-state index in [9.17, 15) is 26.3 Å². The van der Waals surface area contributed by atoms with Gasteiger partial charge in [0.1, 0.15) is 0 Å². The van der Waals surface area contributed by atoms with Gasteiger partial charge in [-0.2, -0.15) is 27.1 Å². The van der Waals surface area contributed by atoms with Gasteiger partial charge in [-0.25, -0.2) is 4.39 Å². The fourth-order valence-corrected chi connectivity index (χ4v) is 1.40. The van der Waals surface area contributed by atoms with E-state index in [1.54, 1.807) is 0 Å². The van der Waals surface area contributed by atoms with Gasteiger partial charge in [0.15, 0.2) is 11.5 Å². The predicted octanol–water partition coefficient (Wildman–Crippen LogP) is 2.17. The quantitative estimate of drug-likeness (QED) is 0.353. The molecule has 0 spiro atoms. The standard InChI is InChI=1S/C12H12F6N4O2/c1-23-8-4-6(5-21-22-10(19)20)2-3-7(8)24-12(17,18)9(13)11(14,15)16/h2-5,9H,1H3,(H4,19,20,22). The van der Waals surface area contributed by atoms with Crippen molar-refractivity contribution in [1.82, 2.24) is 0 Å². The SMILES string of the molecule is COc1cc(C=NN=C(N)N)ccc1OC(F)(F)C(F)C(F)(F)F. The molecule has 0 amide bonds. The lowest BCUT2D eigenvalue weighted by atomic mass is 10.2. The monoisotopic (exact) mass is 358 g/mol. The van der Waals surface area contributed by atoms with Crippen molar-refractivity contribution < 1.29 is 35.8 Å². The molecule has 1 atom stereocenters. The number of halogens is 6. The van der Waals surface area contributed by atoms with E-state index in [1.807, 2.05) is 0 Å². The molecule has 6 nitrogen and oxygen atoms in total. The molecule has 0 aliphatic heterocycles. The molecular formula is C12H12F6N4O2. The first-order valence-corrected chi connectivity index (χ1v) is 6.05. The molecule has 0 aromatic heterocycles. The van der Waals surface area contributed by atoms with Crippen LogP contribution in [0.5, 0.6) is 11.5 Å². The number of nitrogens with two attached hydrogens (primary N) is 2. The Hall–Kier alpha value is -2.66. The predicted molar refractivity (Wildman–Crippen MR) is 72.9 cm³/mol. The first kappa shape index (κ1) is 19.4. The van der Waals surface area contributed by atoms with Crippen molar-refractivity contribution in [2.75, 3.05) is 7.11 Å². The van der Waals surface area contributed by atoms with Gasteiger partial charge in [0.2, 0.25) is 5.96 Å². The number of hydrogen-bond acceptors (Lipinski definition) is 4. The number of hydrogen-bond donors (Lipinski definition) is 2. The molecule has 12 heteroatoms. The highest BCUT2D eigenvalue weighted by Crippen LogP contribution is 2.39. The van der Waals surface area contributed by atoms with Gasteiger partial charge in [-0.3, -0.25) is 0 Å². The highest BCUT2D eigenvalue weighted by molar-refractivity contribution is 5.82.